The van der Waals surface area contributed by atoms with Gasteiger partial charge in [-0.2, -0.15) is 13.2 Å². The predicted octanol–water partition coefficient (Wildman–Crippen LogP) is 3.14. The van der Waals surface area contributed by atoms with Crippen molar-refractivity contribution in [3.63, 3.8) is 0 Å². The number of ether oxygens (including phenoxy) is 2. The number of nitrogens with one attached hydrogen (secondary N) is 1. The van der Waals surface area contributed by atoms with E-state index in [9.17, 15) is 13.2 Å². The lowest BCUT2D eigenvalue weighted by molar-refractivity contribution is -0.175. The first-order chi connectivity index (χ1) is 9.37. The van der Waals surface area contributed by atoms with Crippen LogP contribution in [0.2, 0.25) is 0 Å². The molecule has 0 aliphatic heterocycles. The van der Waals surface area contributed by atoms with Crippen LogP contribution < -0.4 is 10.1 Å². The SMILES string of the molecule is CC(C)NCc1ccc(OCCOCC(F)(F)F)cc1. The van der Waals surface area contributed by atoms with Crippen molar-refractivity contribution < 1.29 is 22.6 Å². The largest absolute Gasteiger partial charge is 0.491 e. The minimum atomic E-state index is -4.29. The average molecular weight is 291 g/mol. The van der Waals surface area contributed by atoms with Crippen LogP contribution in [0.25, 0.3) is 0 Å². The van der Waals surface area contributed by atoms with Gasteiger partial charge in [0, 0.05) is 12.6 Å². The summed E-state index contributed by atoms with van der Waals surface area (Å²) in [5.74, 6) is 0.619. The van der Waals surface area contributed by atoms with Crippen LogP contribution in [0.4, 0.5) is 13.2 Å². The fraction of sp³-hybridized carbons (Fsp3) is 0.571. The molecule has 1 aromatic rings. The Hall–Kier alpha value is -1.27. The topological polar surface area (TPSA) is 30.5 Å². The van der Waals surface area contributed by atoms with Crippen LogP contribution in [0, 0.1) is 0 Å². The third-order valence-electron chi connectivity index (χ3n) is 2.40. The molecule has 0 aromatic heterocycles. The molecule has 0 amide bonds. The Morgan fingerprint density at radius 3 is 2.30 bits per heavy atom. The van der Waals surface area contributed by atoms with E-state index in [4.69, 9.17) is 4.74 Å². The van der Waals surface area contributed by atoms with E-state index in [-0.39, 0.29) is 13.2 Å². The van der Waals surface area contributed by atoms with Gasteiger partial charge in [-0.1, -0.05) is 26.0 Å². The molecule has 20 heavy (non-hydrogen) atoms. The summed E-state index contributed by atoms with van der Waals surface area (Å²) in [4.78, 5) is 0. The zero-order valence-electron chi connectivity index (χ0n) is 11.7. The molecule has 1 N–H and O–H groups in total. The maximum Gasteiger partial charge on any atom is 0.411 e. The second-order valence-corrected chi connectivity index (χ2v) is 4.70. The Morgan fingerprint density at radius 2 is 1.75 bits per heavy atom. The van der Waals surface area contributed by atoms with Crippen LogP contribution in [0.15, 0.2) is 24.3 Å². The summed E-state index contributed by atoms with van der Waals surface area (Å²) in [6.07, 6.45) is -4.29. The number of hydrogen-bond acceptors (Lipinski definition) is 3. The number of rotatable bonds is 8. The molecule has 0 heterocycles. The van der Waals surface area contributed by atoms with E-state index in [1.165, 1.54) is 0 Å². The molecule has 0 spiro atoms. The summed E-state index contributed by atoms with van der Waals surface area (Å²) in [7, 11) is 0. The smallest absolute Gasteiger partial charge is 0.411 e. The summed E-state index contributed by atoms with van der Waals surface area (Å²) < 4.78 is 45.2. The zero-order valence-corrected chi connectivity index (χ0v) is 11.7. The number of benzene rings is 1. The highest BCUT2D eigenvalue weighted by Crippen LogP contribution is 2.15. The third-order valence-corrected chi connectivity index (χ3v) is 2.40. The Morgan fingerprint density at radius 1 is 1.10 bits per heavy atom. The first kappa shape index (κ1) is 16.8. The average Bonchev–Trinajstić information content (AvgIpc) is 2.36. The first-order valence-electron chi connectivity index (χ1n) is 6.46. The minimum absolute atomic E-state index is 0.0871. The molecule has 6 heteroatoms. The lowest BCUT2D eigenvalue weighted by Gasteiger charge is -2.10. The van der Waals surface area contributed by atoms with E-state index in [1.54, 1.807) is 12.1 Å². The standard InChI is InChI=1S/C14H20F3NO2/c1-11(2)18-9-12-3-5-13(6-4-12)20-8-7-19-10-14(15,16)17/h3-6,11,18H,7-10H2,1-2H3. The Balaban J connectivity index is 2.21. The summed E-state index contributed by atoms with van der Waals surface area (Å²) in [6.45, 7) is 3.68. The second kappa shape index (κ2) is 8.11. The van der Waals surface area contributed by atoms with Crippen LogP contribution in [-0.2, 0) is 11.3 Å². The second-order valence-electron chi connectivity index (χ2n) is 4.70. The van der Waals surface area contributed by atoms with E-state index in [1.807, 2.05) is 12.1 Å². The molecule has 0 atom stereocenters. The third kappa shape index (κ3) is 8.01. The van der Waals surface area contributed by atoms with Crippen molar-refractivity contribution in [2.45, 2.75) is 32.6 Å². The van der Waals surface area contributed by atoms with Crippen LogP contribution in [0.3, 0.4) is 0 Å². The van der Waals surface area contributed by atoms with E-state index < -0.39 is 12.8 Å². The number of alkyl halides is 3. The molecule has 0 saturated heterocycles. The molecule has 1 rings (SSSR count). The van der Waals surface area contributed by atoms with E-state index in [2.05, 4.69) is 23.9 Å². The summed E-state index contributed by atoms with van der Waals surface area (Å²) in [5.41, 5.74) is 1.12. The predicted molar refractivity (Wildman–Crippen MR) is 70.8 cm³/mol. The first-order valence-corrected chi connectivity index (χ1v) is 6.46. The van der Waals surface area contributed by atoms with Crippen molar-refractivity contribution in [1.29, 1.82) is 0 Å². The van der Waals surface area contributed by atoms with Crippen molar-refractivity contribution in [2.75, 3.05) is 19.8 Å². The quantitative estimate of drug-likeness (QED) is 0.746. The lowest BCUT2D eigenvalue weighted by Crippen LogP contribution is -2.21. The van der Waals surface area contributed by atoms with Crippen molar-refractivity contribution >= 4 is 0 Å². The summed E-state index contributed by atoms with van der Waals surface area (Å²) >= 11 is 0. The van der Waals surface area contributed by atoms with Crippen LogP contribution in [0.1, 0.15) is 19.4 Å². The van der Waals surface area contributed by atoms with Crippen molar-refractivity contribution in [3.05, 3.63) is 29.8 Å². The minimum Gasteiger partial charge on any atom is -0.491 e. The highest BCUT2D eigenvalue weighted by atomic mass is 19.4. The van der Waals surface area contributed by atoms with Gasteiger partial charge in [0.2, 0.25) is 0 Å². The van der Waals surface area contributed by atoms with Crippen molar-refractivity contribution in [3.8, 4) is 5.75 Å². The molecule has 0 saturated carbocycles. The molecular formula is C14H20F3NO2. The number of halogens is 3. The molecular weight excluding hydrogens is 271 g/mol. The highest BCUT2D eigenvalue weighted by molar-refractivity contribution is 5.27. The fourth-order valence-electron chi connectivity index (χ4n) is 1.43. The van der Waals surface area contributed by atoms with Crippen molar-refractivity contribution in [2.24, 2.45) is 0 Å². The van der Waals surface area contributed by atoms with Gasteiger partial charge in [0.15, 0.2) is 0 Å². The van der Waals surface area contributed by atoms with Crippen molar-refractivity contribution in [1.82, 2.24) is 5.32 Å². The van der Waals surface area contributed by atoms with Gasteiger partial charge < -0.3 is 14.8 Å². The molecule has 0 radical (unpaired) electrons. The lowest BCUT2D eigenvalue weighted by atomic mass is 10.2. The normalized spacial score (nSPS) is 11.9. The van der Waals surface area contributed by atoms with Gasteiger partial charge in [-0.3, -0.25) is 0 Å². The Bertz CT molecular complexity index is 377. The van der Waals surface area contributed by atoms with Crippen LogP contribution in [-0.4, -0.2) is 32.0 Å². The number of hydrogen-bond donors (Lipinski definition) is 1. The monoisotopic (exact) mass is 291 g/mol. The van der Waals surface area contributed by atoms with E-state index in [0.717, 1.165) is 12.1 Å². The highest BCUT2D eigenvalue weighted by Gasteiger charge is 2.27. The van der Waals surface area contributed by atoms with Gasteiger partial charge in [0.1, 0.15) is 19.0 Å². The molecule has 0 bridgehead atoms. The van der Waals surface area contributed by atoms with Gasteiger partial charge in [-0.05, 0) is 17.7 Å². The fourth-order valence-corrected chi connectivity index (χ4v) is 1.43. The van der Waals surface area contributed by atoms with E-state index >= 15 is 0 Å². The van der Waals surface area contributed by atoms with Crippen LogP contribution >= 0.6 is 0 Å². The van der Waals surface area contributed by atoms with Gasteiger partial charge >= 0.3 is 6.18 Å². The van der Waals surface area contributed by atoms with Gasteiger partial charge in [-0.15, -0.1) is 0 Å². The Labute approximate surface area is 117 Å². The molecule has 0 aliphatic rings. The van der Waals surface area contributed by atoms with Gasteiger partial charge in [-0.25, -0.2) is 0 Å². The molecule has 114 valence electrons. The maximum atomic E-state index is 11.8. The Kier molecular flexibility index (Phi) is 6.81. The molecule has 0 fully saturated rings. The molecule has 1 aromatic carbocycles. The van der Waals surface area contributed by atoms with Crippen LogP contribution in [0.5, 0.6) is 5.75 Å². The molecule has 0 unspecified atom stereocenters. The summed E-state index contributed by atoms with van der Waals surface area (Å²) in [5, 5.41) is 3.29. The molecule has 0 aliphatic carbocycles. The zero-order chi connectivity index (χ0) is 15.0. The van der Waals surface area contributed by atoms with E-state index in [0.29, 0.717) is 11.8 Å². The van der Waals surface area contributed by atoms with Gasteiger partial charge in [0.25, 0.3) is 0 Å². The maximum absolute atomic E-state index is 11.8. The van der Waals surface area contributed by atoms with Gasteiger partial charge in [0.05, 0.1) is 6.61 Å². The summed E-state index contributed by atoms with van der Waals surface area (Å²) in [6, 6.07) is 7.84. The molecule has 3 nitrogen and oxygen atoms in total.